The van der Waals surface area contributed by atoms with Gasteiger partial charge in [-0.25, -0.2) is 0 Å². The summed E-state index contributed by atoms with van der Waals surface area (Å²) >= 11 is 0. The zero-order chi connectivity index (χ0) is 12.3. The first-order valence-corrected chi connectivity index (χ1v) is 5.52. The number of para-hydroxylation sites is 1. The third-order valence-electron chi connectivity index (χ3n) is 2.79. The van der Waals surface area contributed by atoms with Crippen LogP contribution in [0.5, 0.6) is 5.75 Å². The second kappa shape index (κ2) is 4.63. The first kappa shape index (κ1) is 11.7. The Morgan fingerprint density at radius 3 is 2.65 bits per heavy atom. The maximum absolute atomic E-state index is 10.5. The van der Waals surface area contributed by atoms with E-state index in [1.165, 1.54) is 0 Å². The largest absolute Gasteiger partial charge is 0.496 e. The molecule has 0 radical (unpaired) electrons. The van der Waals surface area contributed by atoms with Gasteiger partial charge in [-0.1, -0.05) is 18.2 Å². The van der Waals surface area contributed by atoms with E-state index in [2.05, 4.69) is 0 Å². The van der Waals surface area contributed by atoms with E-state index in [1.54, 1.807) is 20.3 Å². The van der Waals surface area contributed by atoms with E-state index in [9.17, 15) is 5.11 Å². The normalized spacial score (nSPS) is 14.3. The Morgan fingerprint density at radius 1 is 1.24 bits per heavy atom. The molecule has 1 atom stereocenters. The lowest BCUT2D eigenvalue weighted by Gasteiger charge is -2.24. The van der Waals surface area contributed by atoms with Crippen molar-refractivity contribution in [2.24, 2.45) is 0 Å². The molecule has 2 rings (SSSR count). The van der Waals surface area contributed by atoms with Gasteiger partial charge < -0.3 is 14.3 Å². The smallest absolute Gasteiger partial charge is 0.124 e. The quantitative estimate of drug-likeness (QED) is 0.881. The molecule has 1 N–H and O–H groups in total. The molecule has 17 heavy (non-hydrogen) atoms. The summed E-state index contributed by atoms with van der Waals surface area (Å²) in [6, 6.07) is 11.1. The topological polar surface area (TPSA) is 42.6 Å². The molecule has 90 valence electrons. The number of aliphatic hydroxyl groups is 1. The predicted octanol–water partition coefficient (Wildman–Crippen LogP) is 2.74. The molecule has 1 aromatic heterocycles. The van der Waals surface area contributed by atoms with Crippen LogP contribution >= 0.6 is 0 Å². The Balaban J connectivity index is 2.30. The van der Waals surface area contributed by atoms with Crippen LogP contribution in [0.3, 0.4) is 0 Å². The third-order valence-corrected chi connectivity index (χ3v) is 2.79. The molecule has 3 nitrogen and oxygen atoms in total. The molecular formula is C14H16O3. The van der Waals surface area contributed by atoms with E-state index in [4.69, 9.17) is 9.15 Å². The van der Waals surface area contributed by atoms with Crippen molar-refractivity contribution < 1.29 is 14.3 Å². The summed E-state index contributed by atoms with van der Waals surface area (Å²) in [5, 5.41) is 10.5. The number of methoxy groups -OCH3 is 1. The summed E-state index contributed by atoms with van der Waals surface area (Å²) in [5.41, 5.74) is -0.247. The van der Waals surface area contributed by atoms with Crippen molar-refractivity contribution >= 4 is 0 Å². The lowest BCUT2D eigenvalue weighted by molar-refractivity contribution is 0.0495. The maximum atomic E-state index is 10.5. The highest BCUT2D eigenvalue weighted by Crippen LogP contribution is 2.32. The predicted molar refractivity (Wildman–Crippen MR) is 65.0 cm³/mol. The van der Waals surface area contributed by atoms with Crippen LogP contribution in [0.2, 0.25) is 0 Å². The Morgan fingerprint density at radius 2 is 2.00 bits per heavy atom. The Labute approximate surface area is 101 Å². The van der Waals surface area contributed by atoms with E-state index in [0.717, 1.165) is 11.3 Å². The van der Waals surface area contributed by atoms with Crippen LogP contribution in [0.4, 0.5) is 0 Å². The molecule has 0 bridgehead atoms. The molecular weight excluding hydrogens is 216 g/mol. The van der Waals surface area contributed by atoms with Gasteiger partial charge in [0.15, 0.2) is 0 Å². The highest BCUT2D eigenvalue weighted by atomic mass is 16.5. The first-order valence-electron chi connectivity index (χ1n) is 5.52. The van der Waals surface area contributed by atoms with E-state index in [1.807, 2.05) is 36.4 Å². The molecule has 0 spiro atoms. The summed E-state index contributed by atoms with van der Waals surface area (Å²) < 4.78 is 10.5. The van der Waals surface area contributed by atoms with Crippen molar-refractivity contribution in [1.29, 1.82) is 0 Å². The Kier molecular flexibility index (Phi) is 3.20. The summed E-state index contributed by atoms with van der Waals surface area (Å²) in [4.78, 5) is 0. The Hall–Kier alpha value is -1.74. The summed E-state index contributed by atoms with van der Waals surface area (Å²) in [6.45, 7) is 1.76. The van der Waals surface area contributed by atoms with Gasteiger partial charge in [0.2, 0.25) is 0 Å². The van der Waals surface area contributed by atoms with E-state index < -0.39 is 5.60 Å². The van der Waals surface area contributed by atoms with Crippen LogP contribution < -0.4 is 4.74 Å². The fraction of sp³-hybridized carbons (Fsp3) is 0.286. The number of furan rings is 1. The summed E-state index contributed by atoms with van der Waals surface area (Å²) in [7, 11) is 1.60. The molecule has 1 heterocycles. The van der Waals surface area contributed by atoms with E-state index in [-0.39, 0.29) is 0 Å². The van der Waals surface area contributed by atoms with Gasteiger partial charge in [-0.05, 0) is 25.1 Å². The second-order valence-corrected chi connectivity index (χ2v) is 4.23. The molecule has 0 saturated carbocycles. The molecule has 0 fully saturated rings. The maximum Gasteiger partial charge on any atom is 0.124 e. The van der Waals surface area contributed by atoms with E-state index in [0.29, 0.717) is 12.2 Å². The van der Waals surface area contributed by atoms with Gasteiger partial charge in [0.05, 0.1) is 19.0 Å². The van der Waals surface area contributed by atoms with Gasteiger partial charge in [-0.15, -0.1) is 0 Å². The number of ether oxygens (including phenoxy) is 1. The fourth-order valence-electron chi connectivity index (χ4n) is 1.94. The van der Waals surface area contributed by atoms with Crippen molar-refractivity contribution in [2.75, 3.05) is 7.11 Å². The lowest BCUT2D eigenvalue weighted by atomic mass is 9.91. The summed E-state index contributed by atoms with van der Waals surface area (Å²) in [6.07, 6.45) is 2.02. The minimum atomic E-state index is -1.01. The third kappa shape index (κ3) is 2.50. The van der Waals surface area contributed by atoms with Crippen molar-refractivity contribution in [3.63, 3.8) is 0 Å². The van der Waals surface area contributed by atoms with Crippen molar-refractivity contribution in [1.82, 2.24) is 0 Å². The lowest BCUT2D eigenvalue weighted by Crippen LogP contribution is -2.24. The average Bonchev–Trinajstić information content (AvgIpc) is 2.81. The van der Waals surface area contributed by atoms with Gasteiger partial charge in [-0.3, -0.25) is 0 Å². The molecule has 1 unspecified atom stereocenters. The first-order chi connectivity index (χ1) is 8.13. The van der Waals surface area contributed by atoms with Crippen molar-refractivity contribution in [2.45, 2.75) is 18.9 Å². The van der Waals surface area contributed by atoms with Crippen LogP contribution in [0.15, 0.2) is 47.1 Å². The number of hydrogen-bond donors (Lipinski definition) is 1. The number of benzene rings is 1. The fourth-order valence-corrected chi connectivity index (χ4v) is 1.94. The minimum absolute atomic E-state index is 0.417. The van der Waals surface area contributed by atoms with Crippen LogP contribution in [-0.4, -0.2) is 12.2 Å². The highest BCUT2D eigenvalue weighted by Gasteiger charge is 2.27. The minimum Gasteiger partial charge on any atom is -0.496 e. The molecule has 0 aliphatic heterocycles. The number of hydrogen-bond acceptors (Lipinski definition) is 3. The van der Waals surface area contributed by atoms with Crippen molar-refractivity contribution in [3.8, 4) is 5.75 Å². The molecule has 0 saturated heterocycles. The van der Waals surface area contributed by atoms with Gasteiger partial charge in [0, 0.05) is 12.0 Å². The SMILES string of the molecule is COc1ccccc1C(C)(O)Cc1ccco1. The van der Waals surface area contributed by atoms with Gasteiger partial charge in [0.25, 0.3) is 0 Å². The molecule has 3 heteroatoms. The Bertz CT molecular complexity index is 472. The standard InChI is InChI=1S/C14H16O3/c1-14(15,10-11-6-5-9-17-11)12-7-3-4-8-13(12)16-2/h3-9,15H,10H2,1-2H3. The van der Waals surface area contributed by atoms with Crippen LogP contribution in [0, 0.1) is 0 Å². The molecule has 0 amide bonds. The van der Waals surface area contributed by atoms with Crippen LogP contribution in [0.25, 0.3) is 0 Å². The number of rotatable bonds is 4. The van der Waals surface area contributed by atoms with Crippen molar-refractivity contribution in [3.05, 3.63) is 54.0 Å². The highest BCUT2D eigenvalue weighted by molar-refractivity contribution is 5.38. The molecule has 2 aromatic rings. The van der Waals surface area contributed by atoms with Crippen LogP contribution in [0.1, 0.15) is 18.2 Å². The molecule has 0 aliphatic rings. The zero-order valence-corrected chi connectivity index (χ0v) is 10.0. The molecule has 1 aromatic carbocycles. The monoisotopic (exact) mass is 232 g/mol. The van der Waals surface area contributed by atoms with Gasteiger partial charge >= 0.3 is 0 Å². The van der Waals surface area contributed by atoms with E-state index >= 15 is 0 Å². The van der Waals surface area contributed by atoms with Crippen LogP contribution in [-0.2, 0) is 12.0 Å². The zero-order valence-electron chi connectivity index (χ0n) is 10.0. The van der Waals surface area contributed by atoms with Gasteiger partial charge in [-0.2, -0.15) is 0 Å². The average molecular weight is 232 g/mol. The second-order valence-electron chi connectivity index (χ2n) is 4.23. The molecule has 0 aliphatic carbocycles. The van der Waals surface area contributed by atoms with Gasteiger partial charge in [0.1, 0.15) is 11.5 Å². The summed E-state index contributed by atoms with van der Waals surface area (Å²) in [5.74, 6) is 1.44.